The van der Waals surface area contributed by atoms with Crippen LogP contribution in [0.15, 0.2) is 29.0 Å². The van der Waals surface area contributed by atoms with Gasteiger partial charge in [-0.05, 0) is 43.9 Å². The summed E-state index contributed by atoms with van der Waals surface area (Å²) in [7, 11) is 0. The second-order valence-corrected chi connectivity index (χ2v) is 5.52. The van der Waals surface area contributed by atoms with Gasteiger partial charge in [-0.2, -0.15) is 0 Å². The monoisotopic (exact) mass is 257 g/mol. The van der Waals surface area contributed by atoms with Crippen LogP contribution in [0.4, 0.5) is 0 Å². The van der Waals surface area contributed by atoms with Crippen LogP contribution in [0.1, 0.15) is 36.0 Å². The van der Waals surface area contributed by atoms with Gasteiger partial charge in [0, 0.05) is 11.5 Å². The van der Waals surface area contributed by atoms with Gasteiger partial charge in [-0.3, -0.25) is 4.79 Å². The Morgan fingerprint density at radius 1 is 1.21 bits per heavy atom. The van der Waals surface area contributed by atoms with Gasteiger partial charge in [0.2, 0.25) is 0 Å². The fraction of sp³-hybridized carbons (Fsp3) is 0.467. The molecule has 2 saturated heterocycles. The van der Waals surface area contributed by atoms with Crippen molar-refractivity contribution in [2.45, 2.75) is 37.9 Å². The summed E-state index contributed by atoms with van der Waals surface area (Å²) in [6.45, 7) is 0. The molecule has 1 aromatic heterocycles. The molecule has 0 amide bonds. The van der Waals surface area contributed by atoms with Crippen molar-refractivity contribution in [2.24, 2.45) is 5.92 Å². The van der Waals surface area contributed by atoms with Crippen LogP contribution in [0.25, 0.3) is 11.1 Å². The zero-order valence-corrected chi connectivity index (χ0v) is 10.5. The van der Waals surface area contributed by atoms with E-state index in [1.165, 1.54) is 6.39 Å². The largest absolute Gasteiger partial charge is 0.443 e. The molecule has 0 radical (unpaired) electrons. The molecular formula is C15H15NO3. The fourth-order valence-electron chi connectivity index (χ4n) is 3.32. The maximum atomic E-state index is 12.6. The van der Waals surface area contributed by atoms with E-state index in [1.807, 2.05) is 18.2 Å². The minimum Gasteiger partial charge on any atom is -0.443 e. The first kappa shape index (κ1) is 11.2. The van der Waals surface area contributed by atoms with Gasteiger partial charge in [-0.1, -0.05) is 0 Å². The van der Waals surface area contributed by atoms with E-state index in [-0.39, 0.29) is 11.7 Å². The lowest BCUT2D eigenvalue weighted by molar-refractivity contribution is -0.0149. The van der Waals surface area contributed by atoms with Gasteiger partial charge in [0.15, 0.2) is 17.8 Å². The van der Waals surface area contributed by atoms with Crippen LogP contribution in [-0.2, 0) is 4.74 Å². The summed E-state index contributed by atoms with van der Waals surface area (Å²) in [4.78, 5) is 16.7. The number of oxazole rings is 1. The van der Waals surface area contributed by atoms with Gasteiger partial charge in [0.1, 0.15) is 5.52 Å². The Kier molecular flexibility index (Phi) is 2.45. The minimum atomic E-state index is 0.107. The van der Waals surface area contributed by atoms with E-state index in [4.69, 9.17) is 9.15 Å². The van der Waals surface area contributed by atoms with E-state index >= 15 is 0 Å². The van der Waals surface area contributed by atoms with Crippen LogP contribution in [0.5, 0.6) is 0 Å². The number of carbonyl (C=O) groups excluding carboxylic acids is 1. The second kappa shape index (κ2) is 4.17. The topological polar surface area (TPSA) is 52.3 Å². The summed E-state index contributed by atoms with van der Waals surface area (Å²) in [5, 5.41) is 0. The lowest BCUT2D eigenvalue weighted by Crippen LogP contribution is -2.30. The molecule has 0 saturated carbocycles. The maximum absolute atomic E-state index is 12.6. The fourth-order valence-corrected chi connectivity index (χ4v) is 3.32. The van der Waals surface area contributed by atoms with E-state index in [0.29, 0.717) is 12.2 Å². The van der Waals surface area contributed by atoms with Gasteiger partial charge in [-0.15, -0.1) is 0 Å². The molecule has 2 aliphatic rings. The first-order chi connectivity index (χ1) is 9.29. The number of hydrogen-bond acceptors (Lipinski definition) is 4. The van der Waals surface area contributed by atoms with Crippen LogP contribution in [0, 0.1) is 5.92 Å². The summed E-state index contributed by atoms with van der Waals surface area (Å²) >= 11 is 0. The van der Waals surface area contributed by atoms with E-state index < -0.39 is 0 Å². The Labute approximate surface area is 110 Å². The van der Waals surface area contributed by atoms with Crippen molar-refractivity contribution in [1.29, 1.82) is 0 Å². The maximum Gasteiger partial charge on any atom is 0.181 e. The number of fused-ring (bicyclic) bond motifs is 3. The smallest absolute Gasteiger partial charge is 0.181 e. The third kappa shape index (κ3) is 1.87. The molecule has 0 N–H and O–H groups in total. The highest BCUT2D eigenvalue weighted by Crippen LogP contribution is 2.37. The van der Waals surface area contributed by atoms with Crippen molar-refractivity contribution in [1.82, 2.24) is 4.98 Å². The van der Waals surface area contributed by atoms with Crippen LogP contribution in [-0.4, -0.2) is 23.0 Å². The van der Waals surface area contributed by atoms with Gasteiger partial charge >= 0.3 is 0 Å². The number of ether oxygens (including phenoxy) is 1. The Hall–Kier alpha value is -1.68. The van der Waals surface area contributed by atoms with Crippen molar-refractivity contribution in [2.75, 3.05) is 0 Å². The quantitative estimate of drug-likeness (QED) is 0.776. The normalized spacial score (nSPS) is 29.8. The van der Waals surface area contributed by atoms with E-state index in [2.05, 4.69) is 4.98 Å². The lowest BCUT2D eigenvalue weighted by Gasteiger charge is -2.27. The number of nitrogens with zero attached hydrogens (tertiary/aromatic N) is 1. The highest BCUT2D eigenvalue weighted by Gasteiger charge is 2.38. The van der Waals surface area contributed by atoms with Crippen LogP contribution >= 0.6 is 0 Å². The highest BCUT2D eigenvalue weighted by atomic mass is 16.5. The predicted molar refractivity (Wildman–Crippen MR) is 69.0 cm³/mol. The third-order valence-electron chi connectivity index (χ3n) is 4.28. The first-order valence-corrected chi connectivity index (χ1v) is 6.82. The summed E-state index contributed by atoms with van der Waals surface area (Å²) in [5.41, 5.74) is 2.22. The zero-order valence-electron chi connectivity index (χ0n) is 10.5. The molecule has 4 rings (SSSR count). The zero-order chi connectivity index (χ0) is 12.8. The molecule has 2 bridgehead atoms. The van der Waals surface area contributed by atoms with Gasteiger partial charge < -0.3 is 9.15 Å². The summed E-state index contributed by atoms with van der Waals surface area (Å²) in [5.74, 6) is 0.334. The Morgan fingerprint density at radius 2 is 2.00 bits per heavy atom. The van der Waals surface area contributed by atoms with E-state index in [9.17, 15) is 4.79 Å². The number of carbonyl (C=O) groups is 1. The molecule has 2 aromatic rings. The van der Waals surface area contributed by atoms with Gasteiger partial charge in [0.25, 0.3) is 0 Å². The van der Waals surface area contributed by atoms with Crippen molar-refractivity contribution in [3.05, 3.63) is 30.2 Å². The molecule has 2 unspecified atom stereocenters. The predicted octanol–water partition coefficient (Wildman–Crippen LogP) is 2.97. The molecule has 19 heavy (non-hydrogen) atoms. The van der Waals surface area contributed by atoms with Crippen molar-refractivity contribution in [3.8, 4) is 0 Å². The van der Waals surface area contributed by atoms with E-state index in [0.717, 1.165) is 42.3 Å². The van der Waals surface area contributed by atoms with Crippen molar-refractivity contribution >= 4 is 16.9 Å². The Bertz CT molecular complexity index is 621. The molecular weight excluding hydrogens is 242 g/mol. The molecule has 4 heteroatoms. The van der Waals surface area contributed by atoms with E-state index in [1.54, 1.807) is 0 Å². The Morgan fingerprint density at radius 3 is 2.79 bits per heavy atom. The average Bonchev–Trinajstić information content (AvgIpc) is 3.03. The molecule has 2 aliphatic heterocycles. The molecule has 4 nitrogen and oxygen atoms in total. The minimum absolute atomic E-state index is 0.107. The van der Waals surface area contributed by atoms with Crippen LogP contribution in [0.3, 0.4) is 0 Å². The molecule has 2 atom stereocenters. The third-order valence-corrected chi connectivity index (χ3v) is 4.28. The standard InChI is InChI=1S/C15H15NO3/c17-15(10-5-11-2-3-12(6-10)19-11)9-1-4-14-13(7-9)16-8-18-14/h1,4,7-8,10-12H,2-3,5-6H2. The summed E-state index contributed by atoms with van der Waals surface area (Å²) in [6.07, 6.45) is 5.95. The molecule has 98 valence electrons. The number of rotatable bonds is 2. The molecule has 2 fully saturated rings. The second-order valence-electron chi connectivity index (χ2n) is 5.52. The average molecular weight is 257 g/mol. The summed E-state index contributed by atoms with van der Waals surface area (Å²) in [6, 6.07) is 5.50. The van der Waals surface area contributed by atoms with Crippen molar-refractivity contribution in [3.63, 3.8) is 0 Å². The number of benzene rings is 1. The Balaban J connectivity index is 1.62. The molecule has 0 aliphatic carbocycles. The number of hydrogen-bond donors (Lipinski definition) is 0. The number of ketones is 1. The molecule has 0 spiro atoms. The van der Waals surface area contributed by atoms with Crippen molar-refractivity contribution < 1.29 is 13.9 Å². The van der Waals surface area contributed by atoms with Gasteiger partial charge in [0.05, 0.1) is 12.2 Å². The van der Waals surface area contributed by atoms with Crippen LogP contribution in [0.2, 0.25) is 0 Å². The highest BCUT2D eigenvalue weighted by molar-refractivity contribution is 6.00. The SMILES string of the molecule is O=C(c1ccc2ocnc2c1)C1CC2CCC(C1)O2. The molecule has 1 aromatic carbocycles. The van der Waals surface area contributed by atoms with Crippen LogP contribution < -0.4 is 0 Å². The molecule has 3 heterocycles. The number of aromatic nitrogens is 1. The van der Waals surface area contributed by atoms with Gasteiger partial charge in [-0.25, -0.2) is 4.98 Å². The number of Topliss-reactive ketones (excluding diaryl/α,β-unsaturated/α-hetero) is 1. The summed E-state index contributed by atoms with van der Waals surface area (Å²) < 4.78 is 11.0. The first-order valence-electron chi connectivity index (χ1n) is 6.82. The lowest BCUT2D eigenvalue weighted by atomic mass is 9.88.